The Morgan fingerprint density at radius 3 is 2.41 bits per heavy atom. The van der Waals surface area contributed by atoms with Crippen molar-refractivity contribution in [1.29, 1.82) is 0 Å². The lowest BCUT2D eigenvalue weighted by molar-refractivity contribution is -0.132. The Hall–Kier alpha value is -2.89. The number of nitrogens with one attached hydrogen (secondary N) is 1. The van der Waals surface area contributed by atoms with Crippen molar-refractivity contribution >= 4 is 11.8 Å². The SMILES string of the molecule is CC(C)(C)c1ccc(OCCCC(=O)N2CCC(NC(=O)c3cccc(F)c3)CC2)cc1. The molecule has 1 aliphatic heterocycles. The van der Waals surface area contributed by atoms with E-state index in [1.165, 1.54) is 23.8 Å². The summed E-state index contributed by atoms with van der Waals surface area (Å²) in [5.74, 6) is 0.234. The van der Waals surface area contributed by atoms with Gasteiger partial charge in [0.05, 0.1) is 6.61 Å². The molecule has 0 unspecified atom stereocenters. The molecule has 1 heterocycles. The molecule has 1 aliphatic rings. The van der Waals surface area contributed by atoms with Crippen LogP contribution in [0.25, 0.3) is 0 Å². The summed E-state index contributed by atoms with van der Waals surface area (Å²) < 4.78 is 19.1. The van der Waals surface area contributed by atoms with Crippen LogP contribution in [0.4, 0.5) is 4.39 Å². The average molecular weight is 441 g/mol. The summed E-state index contributed by atoms with van der Waals surface area (Å²) in [5, 5.41) is 2.94. The van der Waals surface area contributed by atoms with Crippen LogP contribution in [0.3, 0.4) is 0 Å². The number of hydrogen-bond acceptors (Lipinski definition) is 3. The second-order valence-corrected chi connectivity index (χ2v) is 9.37. The molecule has 1 fully saturated rings. The maximum atomic E-state index is 13.3. The second-order valence-electron chi connectivity index (χ2n) is 9.37. The van der Waals surface area contributed by atoms with Gasteiger partial charge in [0.25, 0.3) is 5.91 Å². The number of nitrogens with zero attached hydrogens (tertiary/aromatic N) is 1. The van der Waals surface area contributed by atoms with Crippen LogP contribution in [0.2, 0.25) is 0 Å². The first-order chi connectivity index (χ1) is 15.2. The van der Waals surface area contributed by atoms with Crippen molar-refractivity contribution in [2.45, 2.75) is 57.9 Å². The van der Waals surface area contributed by atoms with Crippen LogP contribution in [0.1, 0.15) is 62.4 Å². The van der Waals surface area contributed by atoms with Crippen molar-refractivity contribution in [3.05, 3.63) is 65.5 Å². The van der Waals surface area contributed by atoms with Crippen LogP contribution < -0.4 is 10.1 Å². The maximum absolute atomic E-state index is 13.3. The number of halogens is 1. The van der Waals surface area contributed by atoms with Gasteiger partial charge in [0.1, 0.15) is 11.6 Å². The topological polar surface area (TPSA) is 58.6 Å². The van der Waals surface area contributed by atoms with Gasteiger partial charge in [-0.2, -0.15) is 0 Å². The first kappa shape index (κ1) is 23.8. The Balaban J connectivity index is 1.34. The molecule has 2 aromatic rings. The Kier molecular flexibility index (Phi) is 7.89. The Labute approximate surface area is 190 Å². The number of ether oxygens (including phenoxy) is 1. The van der Waals surface area contributed by atoms with E-state index < -0.39 is 5.82 Å². The van der Waals surface area contributed by atoms with E-state index in [-0.39, 0.29) is 23.3 Å². The fourth-order valence-corrected chi connectivity index (χ4v) is 3.79. The van der Waals surface area contributed by atoms with Crippen LogP contribution in [0, 0.1) is 5.82 Å². The van der Waals surface area contributed by atoms with E-state index in [0.29, 0.717) is 50.9 Å². The van der Waals surface area contributed by atoms with Gasteiger partial charge in [-0.05, 0) is 60.6 Å². The fraction of sp³-hybridized carbons (Fsp3) is 0.462. The molecule has 2 amide bonds. The van der Waals surface area contributed by atoms with Gasteiger partial charge in [0, 0.05) is 31.1 Å². The van der Waals surface area contributed by atoms with Crippen molar-refractivity contribution < 1.29 is 18.7 Å². The molecule has 6 heteroatoms. The normalized spacial score (nSPS) is 14.8. The summed E-state index contributed by atoms with van der Waals surface area (Å²) in [5.41, 5.74) is 1.69. The number of hydrogen-bond donors (Lipinski definition) is 1. The molecule has 2 aromatic carbocycles. The molecule has 0 saturated carbocycles. The number of benzene rings is 2. The molecule has 1 N–H and O–H groups in total. The van der Waals surface area contributed by atoms with Gasteiger partial charge < -0.3 is 15.0 Å². The predicted octanol–water partition coefficient (Wildman–Crippen LogP) is 4.70. The van der Waals surface area contributed by atoms with Crippen LogP contribution in [-0.4, -0.2) is 42.5 Å². The molecule has 5 nitrogen and oxygen atoms in total. The summed E-state index contributed by atoms with van der Waals surface area (Å²) in [7, 11) is 0. The number of rotatable bonds is 7. The third-order valence-electron chi connectivity index (χ3n) is 5.79. The molecule has 3 rings (SSSR count). The Bertz CT molecular complexity index is 913. The largest absolute Gasteiger partial charge is 0.494 e. The maximum Gasteiger partial charge on any atom is 0.251 e. The monoisotopic (exact) mass is 440 g/mol. The minimum Gasteiger partial charge on any atom is -0.494 e. The van der Waals surface area contributed by atoms with E-state index >= 15 is 0 Å². The molecular formula is C26H33FN2O3. The summed E-state index contributed by atoms with van der Waals surface area (Å²) >= 11 is 0. The standard InChI is InChI=1S/C26H33FN2O3/c1-26(2,3)20-9-11-23(12-10-20)32-17-5-8-24(30)29-15-13-22(14-16-29)28-25(31)19-6-4-7-21(27)18-19/h4,6-7,9-12,18,22H,5,8,13-17H2,1-3H3,(H,28,31). The quantitative estimate of drug-likeness (QED) is 0.635. The summed E-state index contributed by atoms with van der Waals surface area (Å²) in [4.78, 5) is 26.6. The number of likely N-dealkylation sites (tertiary alicyclic amines) is 1. The summed E-state index contributed by atoms with van der Waals surface area (Å²) in [6.07, 6.45) is 2.50. The lowest BCUT2D eigenvalue weighted by Gasteiger charge is -2.32. The predicted molar refractivity (Wildman–Crippen MR) is 123 cm³/mol. The average Bonchev–Trinajstić information content (AvgIpc) is 2.77. The highest BCUT2D eigenvalue weighted by Crippen LogP contribution is 2.24. The highest BCUT2D eigenvalue weighted by molar-refractivity contribution is 5.94. The van der Waals surface area contributed by atoms with Crippen molar-refractivity contribution in [3.8, 4) is 5.75 Å². The zero-order valence-electron chi connectivity index (χ0n) is 19.2. The third kappa shape index (κ3) is 6.81. The minimum absolute atomic E-state index is 0.00535. The van der Waals surface area contributed by atoms with Crippen LogP contribution in [0.15, 0.2) is 48.5 Å². The highest BCUT2D eigenvalue weighted by atomic mass is 19.1. The van der Waals surface area contributed by atoms with E-state index in [9.17, 15) is 14.0 Å². The van der Waals surface area contributed by atoms with Crippen LogP contribution in [0.5, 0.6) is 5.75 Å². The Morgan fingerprint density at radius 2 is 1.78 bits per heavy atom. The minimum atomic E-state index is -0.427. The van der Waals surface area contributed by atoms with Gasteiger partial charge in [-0.1, -0.05) is 39.0 Å². The summed E-state index contributed by atoms with van der Waals surface area (Å²) in [6, 6.07) is 13.8. The van der Waals surface area contributed by atoms with E-state index in [4.69, 9.17) is 4.74 Å². The smallest absolute Gasteiger partial charge is 0.251 e. The molecule has 0 aromatic heterocycles. The lowest BCUT2D eigenvalue weighted by Crippen LogP contribution is -2.46. The number of amides is 2. The van der Waals surface area contributed by atoms with Crippen LogP contribution >= 0.6 is 0 Å². The Morgan fingerprint density at radius 1 is 1.09 bits per heavy atom. The van der Waals surface area contributed by atoms with Crippen molar-refractivity contribution in [2.24, 2.45) is 0 Å². The van der Waals surface area contributed by atoms with Crippen LogP contribution in [-0.2, 0) is 10.2 Å². The van der Waals surface area contributed by atoms with E-state index in [0.717, 1.165) is 5.75 Å². The lowest BCUT2D eigenvalue weighted by atomic mass is 9.87. The first-order valence-corrected chi connectivity index (χ1v) is 11.3. The highest BCUT2D eigenvalue weighted by Gasteiger charge is 2.24. The van der Waals surface area contributed by atoms with Gasteiger partial charge >= 0.3 is 0 Å². The molecule has 1 saturated heterocycles. The van der Waals surface area contributed by atoms with E-state index in [2.05, 4.69) is 38.2 Å². The number of carbonyl (C=O) groups is 2. The van der Waals surface area contributed by atoms with E-state index in [1.807, 2.05) is 17.0 Å². The first-order valence-electron chi connectivity index (χ1n) is 11.3. The molecule has 0 aliphatic carbocycles. The second kappa shape index (κ2) is 10.6. The van der Waals surface area contributed by atoms with Crippen molar-refractivity contribution in [1.82, 2.24) is 10.2 Å². The summed E-state index contributed by atoms with van der Waals surface area (Å²) in [6.45, 7) is 8.26. The molecule has 0 radical (unpaired) electrons. The fourth-order valence-electron chi connectivity index (χ4n) is 3.79. The molecule has 32 heavy (non-hydrogen) atoms. The third-order valence-corrected chi connectivity index (χ3v) is 5.79. The van der Waals surface area contributed by atoms with Gasteiger partial charge in [-0.25, -0.2) is 4.39 Å². The van der Waals surface area contributed by atoms with Gasteiger partial charge in [0.15, 0.2) is 0 Å². The number of piperidine rings is 1. The molecule has 0 spiro atoms. The molecule has 0 atom stereocenters. The van der Waals surface area contributed by atoms with Gasteiger partial charge in [0.2, 0.25) is 5.91 Å². The van der Waals surface area contributed by atoms with Gasteiger partial charge in [-0.15, -0.1) is 0 Å². The zero-order valence-corrected chi connectivity index (χ0v) is 19.2. The molecule has 0 bridgehead atoms. The van der Waals surface area contributed by atoms with Gasteiger partial charge in [-0.3, -0.25) is 9.59 Å². The number of carbonyl (C=O) groups excluding carboxylic acids is 2. The zero-order chi connectivity index (χ0) is 23.1. The van der Waals surface area contributed by atoms with Crippen molar-refractivity contribution in [2.75, 3.05) is 19.7 Å². The van der Waals surface area contributed by atoms with Crippen molar-refractivity contribution in [3.63, 3.8) is 0 Å². The molecular weight excluding hydrogens is 407 g/mol. The molecule has 172 valence electrons. The van der Waals surface area contributed by atoms with E-state index in [1.54, 1.807) is 6.07 Å².